The van der Waals surface area contributed by atoms with Crippen LogP contribution in [0.5, 0.6) is 0 Å². The monoisotopic (exact) mass is 351 g/mol. The minimum Gasteiger partial charge on any atom is -0.322 e. The third-order valence-electron chi connectivity index (χ3n) is 4.14. The molecule has 8 nitrogen and oxygen atoms in total. The van der Waals surface area contributed by atoms with Crippen molar-refractivity contribution in [1.82, 2.24) is 15.5 Å². The number of rotatable bonds is 5. The molecule has 1 saturated heterocycles. The van der Waals surface area contributed by atoms with Gasteiger partial charge in [0.05, 0.1) is 5.88 Å². The van der Waals surface area contributed by atoms with Crippen LogP contribution < -0.4 is 10.6 Å². The Morgan fingerprint density at radius 1 is 1.33 bits per heavy atom. The molecule has 3 amide bonds. The van der Waals surface area contributed by atoms with Gasteiger partial charge in [-0.05, 0) is 23.6 Å². The molecule has 1 aromatic carbocycles. The predicted molar refractivity (Wildman–Crippen MR) is 85.0 cm³/mol. The average molecular weight is 351 g/mol. The topological polar surface area (TPSA) is 116 Å². The Morgan fingerprint density at radius 3 is 2.83 bits per heavy atom. The lowest BCUT2D eigenvalue weighted by atomic mass is 10.0. The Balaban J connectivity index is 1.71. The molecule has 3 rings (SSSR count). The highest BCUT2D eigenvalue weighted by atomic mass is 32.2. The number of nitrogens with zero attached hydrogens (tertiary/aromatic N) is 1. The van der Waals surface area contributed by atoms with Crippen LogP contribution in [0.2, 0.25) is 0 Å². The lowest BCUT2D eigenvalue weighted by molar-refractivity contribution is -0.136. The van der Waals surface area contributed by atoms with Crippen molar-refractivity contribution < 1.29 is 23.1 Å². The molecule has 0 aromatic heterocycles. The van der Waals surface area contributed by atoms with Gasteiger partial charge >= 0.3 is 0 Å². The third kappa shape index (κ3) is 3.37. The molecule has 2 unspecified atom stereocenters. The van der Waals surface area contributed by atoms with Crippen LogP contribution in [0.1, 0.15) is 34.3 Å². The average Bonchev–Trinajstić information content (AvgIpc) is 2.83. The van der Waals surface area contributed by atoms with Crippen LogP contribution in [0.4, 0.5) is 0 Å². The summed E-state index contributed by atoms with van der Waals surface area (Å²) in [5.41, 5.74) is 2.25. The number of hydrogen-bond donors (Lipinski definition) is 3. The van der Waals surface area contributed by atoms with E-state index in [1.165, 1.54) is 4.90 Å². The van der Waals surface area contributed by atoms with Crippen LogP contribution in [0, 0.1) is 0 Å². The maximum atomic E-state index is 12.5. The standard InChI is InChI=1S/C15H17N3O5S/c19-13-4-3-12(14(20)17-13)18-7-10-5-9(6-16-8-24(22)23)1-2-11(10)15(18)21/h1-2,5,12,16H,3-4,6-8H2,(H,22,23)(H,17,19,20). The summed E-state index contributed by atoms with van der Waals surface area (Å²) in [7, 11) is 0. The summed E-state index contributed by atoms with van der Waals surface area (Å²) in [5.74, 6) is -0.983. The van der Waals surface area contributed by atoms with Crippen molar-refractivity contribution in [3.8, 4) is 0 Å². The quantitative estimate of drug-likeness (QED) is 0.496. The number of hydrogen-bond acceptors (Lipinski definition) is 5. The summed E-state index contributed by atoms with van der Waals surface area (Å²) in [6.45, 7) is 0.729. The highest BCUT2D eigenvalue weighted by Crippen LogP contribution is 2.28. The van der Waals surface area contributed by atoms with E-state index in [0.717, 1.165) is 11.1 Å². The van der Waals surface area contributed by atoms with E-state index in [9.17, 15) is 18.6 Å². The normalized spacial score (nSPS) is 21.6. The molecule has 0 radical (unpaired) electrons. The molecule has 128 valence electrons. The minimum absolute atomic E-state index is 0.0294. The van der Waals surface area contributed by atoms with E-state index in [1.807, 2.05) is 6.07 Å². The van der Waals surface area contributed by atoms with Gasteiger partial charge in [0.2, 0.25) is 11.8 Å². The molecular formula is C15H17N3O5S. The number of imide groups is 1. The van der Waals surface area contributed by atoms with E-state index in [2.05, 4.69) is 10.6 Å². The van der Waals surface area contributed by atoms with Crippen LogP contribution in [0.15, 0.2) is 18.2 Å². The van der Waals surface area contributed by atoms with E-state index in [-0.39, 0.29) is 24.1 Å². The SMILES string of the molecule is O=C1CCC(N2Cc3cc(CNCS(=O)O)ccc3C2=O)C(=O)N1. The second kappa shape index (κ2) is 6.80. The predicted octanol–water partition coefficient (Wildman–Crippen LogP) is -0.284. The van der Waals surface area contributed by atoms with E-state index < -0.39 is 23.0 Å². The third-order valence-corrected chi connectivity index (χ3v) is 4.59. The van der Waals surface area contributed by atoms with Crippen molar-refractivity contribution in [2.24, 2.45) is 0 Å². The molecule has 0 spiro atoms. The zero-order chi connectivity index (χ0) is 17.3. The number of fused-ring (bicyclic) bond motifs is 1. The summed E-state index contributed by atoms with van der Waals surface area (Å²) >= 11 is -1.91. The van der Waals surface area contributed by atoms with Crippen molar-refractivity contribution in [3.05, 3.63) is 34.9 Å². The molecule has 24 heavy (non-hydrogen) atoms. The first kappa shape index (κ1) is 16.7. The van der Waals surface area contributed by atoms with Crippen LogP contribution >= 0.6 is 0 Å². The first-order valence-electron chi connectivity index (χ1n) is 7.50. The van der Waals surface area contributed by atoms with Crippen molar-refractivity contribution >= 4 is 28.8 Å². The van der Waals surface area contributed by atoms with Crippen LogP contribution in [-0.4, -0.2) is 43.3 Å². The van der Waals surface area contributed by atoms with Gasteiger partial charge in [-0.25, -0.2) is 4.21 Å². The summed E-state index contributed by atoms with van der Waals surface area (Å²) in [6, 6.07) is 4.71. The van der Waals surface area contributed by atoms with Crippen LogP contribution in [-0.2, 0) is 33.8 Å². The number of benzene rings is 1. The minimum atomic E-state index is -1.91. The van der Waals surface area contributed by atoms with Crippen molar-refractivity contribution in [2.75, 3.05) is 5.88 Å². The number of nitrogens with one attached hydrogen (secondary N) is 2. The second-order valence-corrected chi connectivity index (χ2v) is 6.72. The number of carbonyl (C=O) groups excluding carboxylic acids is 3. The van der Waals surface area contributed by atoms with Gasteiger partial charge in [-0.15, -0.1) is 0 Å². The summed E-state index contributed by atoms with van der Waals surface area (Å²) in [5, 5.41) is 5.11. The molecule has 9 heteroatoms. The zero-order valence-corrected chi connectivity index (χ0v) is 13.6. The highest BCUT2D eigenvalue weighted by Gasteiger charge is 2.38. The Hall–Kier alpha value is -2.10. The molecule has 1 fully saturated rings. The maximum Gasteiger partial charge on any atom is 0.255 e. The number of carbonyl (C=O) groups is 3. The first-order valence-corrected chi connectivity index (χ1v) is 8.78. The van der Waals surface area contributed by atoms with Gasteiger partial charge in [-0.1, -0.05) is 12.1 Å². The fraction of sp³-hybridized carbons (Fsp3) is 0.400. The Morgan fingerprint density at radius 2 is 2.12 bits per heavy atom. The van der Waals surface area contributed by atoms with Crippen LogP contribution in [0.25, 0.3) is 0 Å². The van der Waals surface area contributed by atoms with Gasteiger partial charge in [0, 0.05) is 25.1 Å². The van der Waals surface area contributed by atoms with Gasteiger partial charge in [0.25, 0.3) is 5.91 Å². The molecule has 0 bridgehead atoms. The fourth-order valence-corrected chi connectivity index (χ4v) is 3.30. The molecule has 2 aliphatic heterocycles. The Kier molecular flexibility index (Phi) is 4.74. The van der Waals surface area contributed by atoms with Crippen molar-refractivity contribution in [1.29, 1.82) is 0 Å². The van der Waals surface area contributed by atoms with Gasteiger partial charge in [0.1, 0.15) is 6.04 Å². The molecule has 2 atom stereocenters. The Labute approximate surface area is 140 Å². The molecule has 1 aromatic rings. The Bertz CT molecular complexity index is 736. The maximum absolute atomic E-state index is 12.5. The van der Waals surface area contributed by atoms with E-state index in [1.54, 1.807) is 12.1 Å². The van der Waals surface area contributed by atoms with Crippen LogP contribution in [0.3, 0.4) is 0 Å². The van der Waals surface area contributed by atoms with E-state index in [0.29, 0.717) is 25.1 Å². The number of piperidine rings is 1. The van der Waals surface area contributed by atoms with Gasteiger partial charge in [0.15, 0.2) is 11.1 Å². The first-order chi connectivity index (χ1) is 11.5. The van der Waals surface area contributed by atoms with E-state index in [4.69, 9.17) is 4.55 Å². The lowest BCUT2D eigenvalue weighted by Gasteiger charge is -2.29. The van der Waals surface area contributed by atoms with E-state index >= 15 is 0 Å². The van der Waals surface area contributed by atoms with Crippen molar-refractivity contribution in [3.63, 3.8) is 0 Å². The zero-order valence-electron chi connectivity index (χ0n) is 12.8. The molecule has 3 N–H and O–H groups in total. The van der Waals surface area contributed by atoms with Gasteiger partial charge in [-0.2, -0.15) is 0 Å². The molecule has 0 aliphatic carbocycles. The molecular weight excluding hydrogens is 334 g/mol. The highest BCUT2D eigenvalue weighted by molar-refractivity contribution is 7.79. The number of amides is 3. The lowest BCUT2D eigenvalue weighted by Crippen LogP contribution is -2.52. The molecule has 0 saturated carbocycles. The fourth-order valence-electron chi connectivity index (χ4n) is 3.02. The molecule has 2 aliphatic rings. The van der Waals surface area contributed by atoms with Crippen molar-refractivity contribution in [2.45, 2.75) is 32.0 Å². The summed E-state index contributed by atoms with van der Waals surface area (Å²) < 4.78 is 19.4. The van der Waals surface area contributed by atoms with Gasteiger partial charge in [-0.3, -0.25) is 25.0 Å². The molecule has 2 heterocycles. The smallest absolute Gasteiger partial charge is 0.255 e. The second-order valence-electron chi connectivity index (χ2n) is 5.78. The largest absolute Gasteiger partial charge is 0.322 e. The summed E-state index contributed by atoms with van der Waals surface area (Å²) in [4.78, 5) is 37.2. The van der Waals surface area contributed by atoms with Gasteiger partial charge < -0.3 is 9.45 Å². The summed E-state index contributed by atoms with van der Waals surface area (Å²) in [6.07, 6.45) is 0.561.